The van der Waals surface area contributed by atoms with Crippen molar-refractivity contribution in [3.05, 3.63) is 63.5 Å². The Morgan fingerprint density at radius 1 is 1.09 bits per heavy atom. The van der Waals surface area contributed by atoms with E-state index in [4.69, 9.17) is 21.4 Å². The number of nitrogens with zero attached hydrogens (tertiary/aromatic N) is 1. The van der Waals surface area contributed by atoms with E-state index in [-0.39, 0.29) is 16.8 Å². The van der Waals surface area contributed by atoms with Crippen molar-refractivity contribution >= 4 is 62.6 Å². The number of carboxylic acid groups (broad SMARTS) is 1. The van der Waals surface area contributed by atoms with Crippen LogP contribution in [-0.4, -0.2) is 61.1 Å². The molecule has 184 valence electrons. The molecule has 0 spiro atoms. The Labute approximate surface area is 210 Å². The van der Waals surface area contributed by atoms with Crippen molar-refractivity contribution in [2.24, 2.45) is 0 Å². The fourth-order valence-electron chi connectivity index (χ4n) is 3.29. The minimum atomic E-state index is -1.01. The topological polar surface area (TPSA) is 125 Å². The smallest absolute Gasteiger partial charge is 0.407 e. The Bertz CT molecular complexity index is 1280. The van der Waals surface area contributed by atoms with Crippen molar-refractivity contribution in [2.75, 3.05) is 32.6 Å². The second kappa shape index (κ2) is 11.7. The van der Waals surface area contributed by atoms with E-state index in [1.54, 1.807) is 0 Å². The average molecular weight is 518 g/mol. The first-order valence-electron chi connectivity index (χ1n) is 10.7. The molecule has 3 amide bonds. The summed E-state index contributed by atoms with van der Waals surface area (Å²) in [6.07, 6.45) is 0.158. The highest BCUT2D eigenvalue weighted by Crippen LogP contribution is 2.35. The van der Waals surface area contributed by atoms with Gasteiger partial charge in [0.2, 0.25) is 0 Å². The first-order chi connectivity index (χ1) is 16.7. The summed E-state index contributed by atoms with van der Waals surface area (Å²) in [5, 5.41) is 15.4. The maximum Gasteiger partial charge on any atom is 0.407 e. The van der Waals surface area contributed by atoms with Gasteiger partial charge in [-0.1, -0.05) is 29.8 Å². The van der Waals surface area contributed by atoms with Crippen LogP contribution in [0.15, 0.2) is 42.5 Å². The molecule has 2 aromatic carbocycles. The van der Waals surface area contributed by atoms with Gasteiger partial charge in [-0.05, 0) is 37.1 Å². The van der Waals surface area contributed by atoms with Gasteiger partial charge in [-0.3, -0.25) is 9.59 Å². The number of halogens is 1. The number of hydrogen-bond donors (Lipinski definition) is 3. The van der Waals surface area contributed by atoms with Gasteiger partial charge in [-0.2, -0.15) is 0 Å². The number of anilines is 1. The second-order valence-corrected chi connectivity index (χ2v) is 9.04. The van der Waals surface area contributed by atoms with Crippen LogP contribution in [0.4, 0.5) is 10.5 Å². The Balaban J connectivity index is 1.70. The molecule has 0 unspecified atom stereocenters. The lowest BCUT2D eigenvalue weighted by molar-refractivity contribution is 0.0602. The van der Waals surface area contributed by atoms with E-state index in [2.05, 4.69) is 10.6 Å². The molecule has 0 aliphatic heterocycles. The minimum absolute atomic E-state index is 0.0221. The summed E-state index contributed by atoms with van der Waals surface area (Å²) in [4.78, 5) is 50.1. The number of hydrogen-bond acceptors (Lipinski definition) is 6. The SMILES string of the molecule is COC(=O)c1cc(C(=O)NCCCCN(C)C(=O)O)ccc1NC(=O)c1sc2ccccc2c1Cl. The molecule has 3 aromatic rings. The van der Waals surface area contributed by atoms with Gasteiger partial charge >= 0.3 is 12.1 Å². The van der Waals surface area contributed by atoms with E-state index < -0.39 is 23.9 Å². The fourth-order valence-corrected chi connectivity index (χ4v) is 4.70. The van der Waals surface area contributed by atoms with Crippen molar-refractivity contribution in [2.45, 2.75) is 12.8 Å². The molecule has 0 saturated carbocycles. The van der Waals surface area contributed by atoms with E-state index in [9.17, 15) is 19.2 Å². The first-order valence-corrected chi connectivity index (χ1v) is 11.9. The third-order valence-electron chi connectivity index (χ3n) is 5.21. The predicted octanol–water partition coefficient (Wildman–Crippen LogP) is 4.71. The molecule has 9 nitrogen and oxygen atoms in total. The molecule has 0 fully saturated rings. The average Bonchev–Trinajstić information content (AvgIpc) is 3.19. The minimum Gasteiger partial charge on any atom is -0.465 e. The number of fused-ring (bicyclic) bond motifs is 1. The van der Waals surface area contributed by atoms with Gasteiger partial charge in [0, 0.05) is 35.8 Å². The molecule has 35 heavy (non-hydrogen) atoms. The number of benzene rings is 2. The van der Waals surface area contributed by atoms with Gasteiger partial charge < -0.3 is 25.4 Å². The standard InChI is InChI=1S/C24H24ClN3O6S/c1-28(24(32)33)12-6-5-11-26-21(29)14-9-10-17(16(13-14)23(31)34-2)27-22(30)20-19(25)15-7-3-4-8-18(15)35-20/h3-4,7-10,13H,5-6,11-12H2,1-2H3,(H,26,29)(H,27,30)(H,32,33). The molecule has 0 atom stereocenters. The van der Waals surface area contributed by atoms with E-state index >= 15 is 0 Å². The maximum atomic E-state index is 12.9. The Morgan fingerprint density at radius 2 is 1.83 bits per heavy atom. The lowest BCUT2D eigenvalue weighted by atomic mass is 10.1. The third kappa shape index (κ3) is 6.28. The number of rotatable bonds is 9. The summed E-state index contributed by atoms with van der Waals surface area (Å²) in [7, 11) is 2.68. The van der Waals surface area contributed by atoms with Crippen molar-refractivity contribution in [3.63, 3.8) is 0 Å². The van der Waals surface area contributed by atoms with Crippen LogP contribution in [0.2, 0.25) is 5.02 Å². The number of methoxy groups -OCH3 is 1. The summed E-state index contributed by atoms with van der Waals surface area (Å²) in [6.45, 7) is 0.693. The maximum absolute atomic E-state index is 12.9. The molecule has 0 radical (unpaired) electrons. The lowest BCUT2D eigenvalue weighted by Gasteiger charge is -2.13. The zero-order valence-corrected chi connectivity index (χ0v) is 20.7. The van der Waals surface area contributed by atoms with Crippen molar-refractivity contribution in [3.8, 4) is 0 Å². The molecular weight excluding hydrogens is 494 g/mol. The second-order valence-electron chi connectivity index (χ2n) is 7.61. The van der Waals surface area contributed by atoms with Gasteiger partial charge in [-0.15, -0.1) is 11.3 Å². The molecular formula is C24H24ClN3O6S. The van der Waals surface area contributed by atoms with Crippen LogP contribution in [-0.2, 0) is 4.74 Å². The molecule has 0 saturated heterocycles. The number of carbonyl (C=O) groups is 4. The van der Waals surface area contributed by atoms with Gasteiger partial charge in [0.15, 0.2) is 0 Å². The molecule has 1 aromatic heterocycles. The van der Waals surface area contributed by atoms with E-state index in [0.717, 1.165) is 10.1 Å². The van der Waals surface area contributed by atoms with E-state index in [0.29, 0.717) is 35.8 Å². The van der Waals surface area contributed by atoms with Crippen molar-refractivity contribution in [1.29, 1.82) is 0 Å². The lowest BCUT2D eigenvalue weighted by Crippen LogP contribution is -2.28. The third-order valence-corrected chi connectivity index (χ3v) is 6.88. The van der Waals surface area contributed by atoms with Gasteiger partial charge in [0.1, 0.15) is 4.88 Å². The highest BCUT2D eigenvalue weighted by Gasteiger charge is 2.21. The van der Waals surface area contributed by atoms with Crippen molar-refractivity contribution in [1.82, 2.24) is 10.2 Å². The van der Waals surface area contributed by atoms with Gasteiger partial charge in [-0.25, -0.2) is 9.59 Å². The molecule has 11 heteroatoms. The van der Waals surface area contributed by atoms with Crippen LogP contribution in [0.5, 0.6) is 0 Å². The predicted molar refractivity (Wildman–Crippen MR) is 135 cm³/mol. The largest absolute Gasteiger partial charge is 0.465 e. The summed E-state index contributed by atoms with van der Waals surface area (Å²) in [5.74, 6) is -1.61. The fraction of sp³-hybridized carbons (Fsp3) is 0.250. The Kier molecular flexibility index (Phi) is 8.67. The zero-order chi connectivity index (χ0) is 25.5. The summed E-state index contributed by atoms with van der Waals surface area (Å²) >= 11 is 7.63. The number of ether oxygens (including phenoxy) is 1. The Hall–Kier alpha value is -3.63. The number of carbonyl (C=O) groups excluding carboxylic acids is 3. The van der Waals surface area contributed by atoms with Crippen LogP contribution in [0.3, 0.4) is 0 Å². The zero-order valence-electron chi connectivity index (χ0n) is 19.1. The van der Waals surface area contributed by atoms with Gasteiger partial charge in [0.25, 0.3) is 11.8 Å². The number of unbranched alkanes of at least 4 members (excludes halogenated alkanes) is 1. The number of nitrogens with one attached hydrogen (secondary N) is 2. The summed E-state index contributed by atoms with van der Waals surface area (Å²) < 4.78 is 5.69. The quantitative estimate of drug-likeness (QED) is 0.279. The number of amides is 3. The van der Waals surface area contributed by atoms with Crippen molar-refractivity contribution < 1.29 is 29.0 Å². The van der Waals surface area contributed by atoms with Crippen LogP contribution < -0.4 is 10.6 Å². The monoisotopic (exact) mass is 517 g/mol. The molecule has 0 bridgehead atoms. The molecule has 3 rings (SSSR count). The Morgan fingerprint density at radius 3 is 2.51 bits per heavy atom. The molecule has 1 heterocycles. The van der Waals surface area contributed by atoms with Crippen LogP contribution >= 0.6 is 22.9 Å². The molecule has 0 aliphatic rings. The summed E-state index contributed by atoms with van der Waals surface area (Å²) in [5.41, 5.74) is 0.420. The molecule has 3 N–H and O–H groups in total. The van der Waals surface area contributed by atoms with E-state index in [1.807, 2.05) is 24.3 Å². The number of thiophene rings is 1. The normalized spacial score (nSPS) is 10.6. The van der Waals surface area contributed by atoms with Gasteiger partial charge in [0.05, 0.1) is 23.4 Å². The molecule has 0 aliphatic carbocycles. The highest BCUT2D eigenvalue weighted by molar-refractivity contribution is 7.21. The van der Waals surface area contributed by atoms with Crippen LogP contribution in [0, 0.1) is 0 Å². The summed E-state index contributed by atoms with van der Waals surface area (Å²) in [6, 6.07) is 11.7. The first kappa shape index (κ1) is 26.0. The van der Waals surface area contributed by atoms with Crippen LogP contribution in [0.25, 0.3) is 10.1 Å². The number of esters is 1. The highest BCUT2D eigenvalue weighted by atomic mass is 35.5. The van der Waals surface area contributed by atoms with Crippen LogP contribution in [0.1, 0.15) is 43.2 Å². The van der Waals surface area contributed by atoms with E-state index in [1.165, 1.54) is 48.6 Å².